The standard InChI is InChI=1S/C10H9NO2/c12-10-7-13-11-9(10)6-8-4-2-1-3-5-8/h1-5H,6-7H2. The van der Waals surface area contributed by atoms with Crippen molar-refractivity contribution in [1.82, 2.24) is 0 Å². The van der Waals surface area contributed by atoms with E-state index in [0.717, 1.165) is 5.56 Å². The maximum absolute atomic E-state index is 11.1. The van der Waals surface area contributed by atoms with Crippen LogP contribution in [0.15, 0.2) is 35.5 Å². The number of rotatable bonds is 2. The van der Waals surface area contributed by atoms with Gasteiger partial charge in [-0.2, -0.15) is 0 Å². The minimum absolute atomic E-state index is 0.0103. The lowest BCUT2D eigenvalue weighted by atomic mass is 10.1. The summed E-state index contributed by atoms with van der Waals surface area (Å²) in [5.41, 5.74) is 1.60. The molecule has 0 saturated heterocycles. The van der Waals surface area contributed by atoms with Crippen LogP contribution in [0.25, 0.3) is 0 Å². The van der Waals surface area contributed by atoms with E-state index in [1.807, 2.05) is 30.3 Å². The first-order valence-corrected chi connectivity index (χ1v) is 4.12. The molecule has 0 saturated carbocycles. The van der Waals surface area contributed by atoms with Crippen molar-refractivity contribution in [3.05, 3.63) is 35.9 Å². The van der Waals surface area contributed by atoms with Gasteiger partial charge in [0.1, 0.15) is 5.71 Å². The molecule has 0 N–H and O–H groups in total. The summed E-state index contributed by atoms with van der Waals surface area (Å²) in [6.07, 6.45) is 0.569. The summed E-state index contributed by atoms with van der Waals surface area (Å²) in [6.45, 7) is 0.0994. The molecule has 1 aliphatic rings. The number of nitrogens with zero attached hydrogens (tertiary/aromatic N) is 1. The zero-order chi connectivity index (χ0) is 9.10. The Hall–Kier alpha value is -1.64. The van der Waals surface area contributed by atoms with Gasteiger partial charge in [-0.1, -0.05) is 35.5 Å². The number of carbonyl (C=O) groups is 1. The predicted octanol–water partition coefficient (Wildman–Crippen LogP) is 1.18. The van der Waals surface area contributed by atoms with E-state index in [1.165, 1.54) is 0 Å². The third kappa shape index (κ3) is 1.75. The Bertz CT molecular complexity index is 343. The van der Waals surface area contributed by atoms with E-state index in [0.29, 0.717) is 12.1 Å². The summed E-state index contributed by atoms with van der Waals surface area (Å²) in [5, 5.41) is 3.68. The molecule has 0 unspecified atom stereocenters. The Labute approximate surface area is 76.0 Å². The second-order valence-corrected chi connectivity index (χ2v) is 2.90. The lowest BCUT2D eigenvalue weighted by Crippen LogP contribution is -2.14. The van der Waals surface area contributed by atoms with Crippen molar-refractivity contribution in [2.45, 2.75) is 6.42 Å². The number of carbonyl (C=O) groups excluding carboxylic acids is 1. The van der Waals surface area contributed by atoms with Crippen LogP contribution in [0.1, 0.15) is 5.56 Å². The first kappa shape index (κ1) is 7.98. The molecule has 0 aromatic heterocycles. The quantitative estimate of drug-likeness (QED) is 0.677. The smallest absolute Gasteiger partial charge is 0.220 e. The van der Waals surface area contributed by atoms with Gasteiger partial charge in [-0.25, -0.2) is 0 Å². The minimum atomic E-state index is -0.0103. The van der Waals surface area contributed by atoms with Gasteiger partial charge in [0.05, 0.1) is 0 Å². The van der Waals surface area contributed by atoms with Crippen LogP contribution in [0.5, 0.6) is 0 Å². The van der Waals surface area contributed by atoms with Crippen molar-refractivity contribution in [2.75, 3.05) is 6.61 Å². The van der Waals surface area contributed by atoms with E-state index in [9.17, 15) is 4.79 Å². The SMILES string of the molecule is O=C1CON=C1Cc1ccccc1. The molecule has 0 spiro atoms. The Balaban J connectivity index is 2.11. The summed E-state index contributed by atoms with van der Waals surface area (Å²) in [5.74, 6) is -0.0103. The van der Waals surface area contributed by atoms with Crippen molar-refractivity contribution in [3.63, 3.8) is 0 Å². The topological polar surface area (TPSA) is 38.7 Å². The van der Waals surface area contributed by atoms with Crippen LogP contribution >= 0.6 is 0 Å². The van der Waals surface area contributed by atoms with Crippen molar-refractivity contribution in [1.29, 1.82) is 0 Å². The van der Waals surface area contributed by atoms with Crippen molar-refractivity contribution in [3.8, 4) is 0 Å². The van der Waals surface area contributed by atoms with Crippen molar-refractivity contribution in [2.24, 2.45) is 5.16 Å². The maximum atomic E-state index is 11.1. The van der Waals surface area contributed by atoms with Gasteiger partial charge in [0.2, 0.25) is 5.78 Å². The van der Waals surface area contributed by atoms with E-state index in [-0.39, 0.29) is 12.4 Å². The van der Waals surface area contributed by atoms with E-state index in [4.69, 9.17) is 0 Å². The first-order valence-electron chi connectivity index (χ1n) is 4.12. The molecule has 1 aliphatic heterocycles. The van der Waals surface area contributed by atoms with Gasteiger partial charge < -0.3 is 4.84 Å². The molecule has 2 rings (SSSR count). The Morgan fingerprint density at radius 1 is 1.31 bits per heavy atom. The third-order valence-corrected chi connectivity index (χ3v) is 1.91. The van der Waals surface area contributed by atoms with Gasteiger partial charge in [0.25, 0.3) is 0 Å². The number of Topliss-reactive ketones (excluding diaryl/α,β-unsaturated/α-hetero) is 1. The second kappa shape index (κ2) is 3.39. The third-order valence-electron chi connectivity index (χ3n) is 1.91. The number of oxime groups is 1. The van der Waals surface area contributed by atoms with Gasteiger partial charge in [0, 0.05) is 6.42 Å². The average Bonchev–Trinajstić information content (AvgIpc) is 2.54. The minimum Gasteiger partial charge on any atom is -0.387 e. The molecule has 1 aromatic rings. The maximum Gasteiger partial charge on any atom is 0.220 e. The molecule has 13 heavy (non-hydrogen) atoms. The van der Waals surface area contributed by atoms with E-state index < -0.39 is 0 Å². The molecule has 66 valence electrons. The van der Waals surface area contributed by atoms with E-state index >= 15 is 0 Å². The monoisotopic (exact) mass is 175 g/mol. The lowest BCUT2D eigenvalue weighted by molar-refractivity contribution is -0.114. The fourth-order valence-corrected chi connectivity index (χ4v) is 1.22. The summed E-state index contributed by atoms with van der Waals surface area (Å²) in [6, 6.07) is 9.76. The molecule has 0 atom stereocenters. The van der Waals surface area contributed by atoms with Crippen LogP contribution in [0, 0.1) is 0 Å². The van der Waals surface area contributed by atoms with Crippen LogP contribution in [0.4, 0.5) is 0 Å². The normalized spacial score (nSPS) is 15.4. The second-order valence-electron chi connectivity index (χ2n) is 2.90. The Morgan fingerprint density at radius 2 is 2.08 bits per heavy atom. The molecule has 1 heterocycles. The van der Waals surface area contributed by atoms with Gasteiger partial charge in [-0.15, -0.1) is 0 Å². The van der Waals surface area contributed by atoms with Gasteiger partial charge >= 0.3 is 0 Å². The molecule has 0 bridgehead atoms. The van der Waals surface area contributed by atoms with E-state index in [2.05, 4.69) is 9.99 Å². The summed E-state index contributed by atoms with van der Waals surface area (Å²) >= 11 is 0. The summed E-state index contributed by atoms with van der Waals surface area (Å²) in [4.78, 5) is 15.8. The number of benzene rings is 1. The van der Waals surface area contributed by atoms with Gasteiger partial charge in [-0.3, -0.25) is 4.79 Å². The highest BCUT2D eigenvalue weighted by atomic mass is 16.6. The van der Waals surface area contributed by atoms with Crippen LogP contribution in [-0.2, 0) is 16.1 Å². The fourth-order valence-electron chi connectivity index (χ4n) is 1.22. The average molecular weight is 175 g/mol. The predicted molar refractivity (Wildman–Crippen MR) is 48.5 cm³/mol. The lowest BCUT2D eigenvalue weighted by Gasteiger charge is -1.96. The van der Waals surface area contributed by atoms with Gasteiger partial charge in [0.15, 0.2) is 6.61 Å². The highest BCUT2D eigenvalue weighted by Crippen LogP contribution is 2.05. The molecular weight excluding hydrogens is 166 g/mol. The molecule has 3 heteroatoms. The van der Waals surface area contributed by atoms with Crippen LogP contribution in [-0.4, -0.2) is 18.1 Å². The molecule has 3 nitrogen and oxygen atoms in total. The molecule has 0 aliphatic carbocycles. The molecule has 0 amide bonds. The zero-order valence-electron chi connectivity index (χ0n) is 7.06. The van der Waals surface area contributed by atoms with Crippen molar-refractivity contribution >= 4 is 11.5 Å². The Kier molecular flexibility index (Phi) is 2.08. The fraction of sp³-hybridized carbons (Fsp3) is 0.200. The van der Waals surface area contributed by atoms with Crippen LogP contribution < -0.4 is 0 Å². The molecule has 1 aromatic carbocycles. The molecular formula is C10H9NO2. The zero-order valence-corrected chi connectivity index (χ0v) is 7.06. The molecule has 0 fully saturated rings. The molecule has 0 radical (unpaired) electrons. The highest BCUT2D eigenvalue weighted by molar-refractivity contribution is 6.41. The van der Waals surface area contributed by atoms with Crippen molar-refractivity contribution < 1.29 is 9.63 Å². The van der Waals surface area contributed by atoms with Gasteiger partial charge in [-0.05, 0) is 5.56 Å². The summed E-state index contributed by atoms with van der Waals surface area (Å²) in [7, 11) is 0. The van der Waals surface area contributed by atoms with Crippen LogP contribution in [0.2, 0.25) is 0 Å². The number of hydrogen-bond acceptors (Lipinski definition) is 3. The largest absolute Gasteiger partial charge is 0.387 e. The first-order chi connectivity index (χ1) is 6.36. The summed E-state index contributed by atoms with van der Waals surface area (Å²) < 4.78 is 0. The number of hydrogen-bond donors (Lipinski definition) is 0. The number of ketones is 1. The van der Waals surface area contributed by atoms with E-state index in [1.54, 1.807) is 0 Å². The Morgan fingerprint density at radius 3 is 2.69 bits per heavy atom. The highest BCUT2D eigenvalue weighted by Gasteiger charge is 2.18. The van der Waals surface area contributed by atoms with Crippen LogP contribution in [0.3, 0.4) is 0 Å².